The van der Waals surface area contributed by atoms with E-state index < -0.39 is 5.60 Å². The fraction of sp³-hybridized carbons (Fsp3) is 0.588. The molecule has 1 fully saturated rings. The van der Waals surface area contributed by atoms with Crippen LogP contribution in [0.4, 0.5) is 16.2 Å². The van der Waals surface area contributed by atoms with E-state index in [1.54, 1.807) is 4.90 Å². The maximum absolute atomic E-state index is 12.4. The third-order valence-electron chi connectivity index (χ3n) is 3.83. The number of carbonyl (C=O) groups is 1. The first-order chi connectivity index (χ1) is 10.4. The van der Waals surface area contributed by atoms with Crippen LogP contribution in [-0.4, -0.2) is 37.5 Å². The van der Waals surface area contributed by atoms with Crippen molar-refractivity contribution >= 4 is 17.5 Å². The quantitative estimate of drug-likeness (QED) is 0.911. The van der Waals surface area contributed by atoms with Crippen molar-refractivity contribution in [2.75, 3.05) is 30.0 Å². The van der Waals surface area contributed by atoms with E-state index in [0.29, 0.717) is 12.6 Å². The Balaban J connectivity index is 1.80. The van der Waals surface area contributed by atoms with Crippen LogP contribution in [0.3, 0.4) is 0 Å². The van der Waals surface area contributed by atoms with Gasteiger partial charge in [0.05, 0.1) is 24.9 Å². The van der Waals surface area contributed by atoms with Crippen molar-refractivity contribution in [1.82, 2.24) is 0 Å². The summed E-state index contributed by atoms with van der Waals surface area (Å²) in [5, 5.41) is 3.43. The second kappa shape index (κ2) is 5.80. The number of benzene rings is 1. The summed E-state index contributed by atoms with van der Waals surface area (Å²) in [6.07, 6.45) is 1.70. The van der Waals surface area contributed by atoms with Gasteiger partial charge < -0.3 is 14.8 Å². The molecule has 0 aliphatic carbocycles. The number of nitrogens with zero attached hydrogens (tertiary/aromatic N) is 1. The van der Waals surface area contributed by atoms with Gasteiger partial charge in [0.25, 0.3) is 0 Å². The van der Waals surface area contributed by atoms with Crippen LogP contribution in [0, 0.1) is 0 Å². The number of aryl methyl sites for hydroxylation is 1. The molecule has 1 aromatic rings. The highest BCUT2D eigenvalue weighted by Gasteiger charge is 2.28. The van der Waals surface area contributed by atoms with E-state index in [9.17, 15) is 4.79 Å². The van der Waals surface area contributed by atoms with Gasteiger partial charge in [-0.2, -0.15) is 0 Å². The molecule has 3 rings (SSSR count). The number of ether oxygens (including phenoxy) is 2. The Morgan fingerprint density at radius 3 is 2.77 bits per heavy atom. The predicted molar refractivity (Wildman–Crippen MR) is 86.6 cm³/mol. The van der Waals surface area contributed by atoms with E-state index in [4.69, 9.17) is 9.47 Å². The van der Waals surface area contributed by atoms with Crippen LogP contribution in [0.25, 0.3) is 0 Å². The predicted octanol–water partition coefficient (Wildman–Crippen LogP) is 3.19. The average molecular weight is 304 g/mol. The van der Waals surface area contributed by atoms with Crippen molar-refractivity contribution in [3.63, 3.8) is 0 Å². The molecule has 0 bridgehead atoms. The number of rotatable bonds is 2. The van der Waals surface area contributed by atoms with Crippen LogP contribution in [0.5, 0.6) is 0 Å². The molecule has 22 heavy (non-hydrogen) atoms. The lowest BCUT2D eigenvalue weighted by Gasteiger charge is -2.33. The molecule has 2 heterocycles. The van der Waals surface area contributed by atoms with Crippen molar-refractivity contribution in [1.29, 1.82) is 0 Å². The molecule has 2 aliphatic rings. The van der Waals surface area contributed by atoms with Crippen LogP contribution in [0.2, 0.25) is 0 Å². The molecule has 0 atom stereocenters. The molecule has 0 saturated carbocycles. The Labute approximate surface area is 131 Å². The van der Waals surface area contributed by atoms with Gasteiger partial charge in [-0.15, -0.1) is 0 Å². The van der Waals surface area contributed by atoms with Gasteiger partial charge in [0, 0.05) is 12.2 Å². The summed E-state index contributed by atoms with van der Waals surface area (Å²) in [5.74, 6) is 0. The van der Waals surface area contributed by atoms with Gasteiger partial charge in [-0.3, -0.25) is 4.90 Å². The third kappa shape index (κ3) is 3.35. The lowest BCUT2D eigenvalue weighted by atomic mass is 10.0. The highest BCUT2D eigenvalue weighted by Crippen LogP contribution is 2.31. The van der Waals surface area contributed by atoms with Gasteiger partial charge in [-0.25, -0.2) is 4.79 Å². The second-order valence-electron chi connectivity index (χ2n) is 6.96. The summed E-state index contributed by atoms with van der Waals surface area (Å²) in [6.45, 7) is 7.87. The van der Waals surface area contributed by atoms with Crippen LogP contribution in [-0.2, 0) is 15.9 Å². The van der Waals surface area contributed by atoms with E-state index in [0.717, 1.165) is 37.4 Å². The minimum absolute atomic E-state index is 0.266. The van der Waals surface area contributed by atoms with Crippen LogP contribution in [0.15, 0.2) is 18.2 Å². The molecule has 1 aromatic carbocycles. The van der Waals surface area contributed by atoms with Crippen LogP contribution in [0.1, 0.15) is 32.8 Å². The zero-order valence-electron chi connectivity index (χ0n) is 13.5. The highest BCUT2D eigenvalue weighted by molar-refractivity contribution is 5.90. The third-order valence-corrected chi connectivity index (χ3v) is 3.83. The van der Waals surface area contributed by atoms with Crippen LogP contribution < -0.4 is 10.2 Å². The normalized spacial score (nSPS) is 18.4. The summed E-state index contributed by atoms with van der Waals surface area (Å²) in [6, 6.07) is 6.61. The summed E-state index contributed by atoms with van der Waals surface area (Å²) < 4.78 is 10.7. The Morgan fingerprint density at radius 2 is 2.14 bits per heavy atom. The first kappa shape index (κ1) is 15.2. The number of nitrogens with one attached hydrogen (secondary N) is 1. The molecule has 0 spiro atoms. The van der Waals surface area contributed by atoms with Gasteiger partial charge in [-0.1, -0.05) is 6.07 Å². The lowest BCUT2D eigenvalue weighted by Crippen LogP contribution is -2.41. The first-order valence-corrected chi connectivity index (χ1v) is 7.90. The van der Waals surface area contributed by atoms with Crippen LogP contribution >= 0.6 is 0 Å². The molecule has 0 unspecified atom stereocenters. The largest absolute Gasteiger partial charge is 0.443 e. The van der Waals surface area contributed by atoms with E-state index in [2.05, 4.69) is 23.5 Å². The number of hydrogen-bond acceptors (Lipinski definition) is 4. The molecular formula is C17H24N2O3. The number of anilines is 2. The van der Waals surface area contributed by atoms with E-state index >= 15 is 0 Å². The topological polar surface area (TPSA) is 50.8 Å². The average Bonchev–Trinajstić information content (AvgIpc) is 2.40. The molecule has 1 amide bonds. The van der Waals surface area contributed by atoms with Crippen molar-refractivity contribution in [2.45, 2.75) is 45.3 Å². The van der Waals surface area contributed by atoms with Gasteiger partial charge >= 0.3 is 6.09 Å². The minimum atomic E-state index is -0.478. The smallest absolute Gasteiger partial charge is 0.414 e. The van der Waals surface area contributed by atoms with Gasteiger partial charge in [0.2, 0.25) is 0 Å². The molecule has 5 nitrogen and oxygen atoms in total. The molecular weight excluding hydrogens is 280 g/mol. The summed E-state index contributed by atoms with van der Waals surface area (Å²) in [7, 11) is 0. The first-order valence-electron chi connectivity index (χ1n) is 7.90. The van der Waals surface area contributed by atoms with Gasteiger partial charge in [0.1, 0.15) is 5.60 Å². The molecule has 120 valence electrons. The Hall–Kier alpha value is -1.75. The maximum Gasteiger partial charge on any atom is 0.414 e. The zero-order valence-corrected chi connectivity index (χ0v) is 13.5. The van der Waals surface area contributed by atoms with Gasteiger partial charge in [0.15, 0.2) is 0 Å². The molecule has 5 heteroatoms. The summed E-state index contributed by atoms with van der Waals surface area (Å²) in [4.78, 5) is 14.2. The Kier molecular flexibility index (Phi) is 4.00. The number of fused-ring (bicyclic) bond motifs is 1. The highest BCUT2D eigenvalue weighted by atomic mass is 16.6. The van der Waals surface area contributed by atoms with Crippen molar-refractivity contribution in [3.8, 4) is 0 Å². The van der Waals surface area contributed by atoms with E-state index in [1.165, 1.54) is 5.56 Å². The standard InChI is InChI=1S/C17H24N2O3/c1-17(2,3)22-16(20)19-8-4-5-12-6-7-13(9-15(12)19)18-14-10-21-11-14/h6-7,9,14,18H,4-5,8,10-11H2,1-3H3. The molecule has 1 saturated heterocycles. The van der Waals surface area contributed by atoms with E-state index in [-0.39, 0.29) is 6.09 Å². The van der Waals surface area contributed by atoms with Gasteiger partial charge in [-0.05, 0) is 51.3 Å². The van der Waals surface area contributed by atoms with Crippen molar-refractivity contribution in [3.05, 3.63) is 23.8 Å². The fourth-order valence-corrected chi connectivity index (χ4v) is 2.73. The Morgan fingerprint density at radius 1 is 1.36 bits per heavy atom. The van der Waals surface area contributed by atoms with Crippen molar-refractivity contribution in [2.24, 2.45) is 0 Å². The SMILES string of the molecule is CC(C)(C)OC(=O)N1CCCc2ccc(NC3COC3)cc21. The second-order valence-corrected chi connectivity index (χ2v) is 6.96. The van der Waals surface area contributed by atoms with E-state index in [1.807, 2.05) is 20.8 Å². The molecule has 0 radical (unpaired) electrons. The minimum Gasteiger partial charge on any atom is -0.443 e. The molecule has 1 N–H and O–H groups in total. The maximum atomic E-state index is 12.4. The Bertz CT molecular complexity index is 562. The molecule has 2 aliphatic heterocycles. The summed E-state index contributed by atoms with van der Waals surface area (Å²) >= 11 is 0. The molecule has 0 aromatic heterocycles. The lowest BCUT2D eigenvalue weighted by molar-refractivity contribution is 0.0211. The fourth-order valence-electron chi connectivity index (χ4n) is 2.73. The number of amides is 1. The number of carbonyl (C=O) groups excluding carboxylic acids is 1. The monoisotopic (exact) mass is 304 g/mol. The number of hydrogen-bond donors (Lipinski definition) is 1. The zero-order chi connectivity index (χ0) is 15.7. The van der Waals surface area contributed by atoms with Crippen molar-refractivity contribution < 1.29 is 14.3 Å². The summed E-state index contributed by atoms with van der Waals surface area (Å²) in [5.41, 5.74) is 2.72.